The van der Waals surface area contributed by atoms with E-state index in [-0.39, 0.29) is 6.04 Å². The number of aromatic nitrogens is 1. The first kappa shape index (κ1) is 12.7. The van der Waals surface area contributed by atoms with Crippen LogP contribution in [0, 0.1) is 6.92 Å². The van der Waals surface area contributed by atoms with Crippen molar-refractivity contribution in [2.24, 2.45) is 5.84 Å². The standard InChI is InChI=1S/C12H17N3S2/c1-3-9-4-5-11(17-9)10(15-13)6-12-14-8(2)7-16-12/h4-5,7,10,15H,3,6,13H2,1-2H3. The lowest BCUT2D eigenvalue weighted by Gasteiger charge is -2.12. The largest absolute Gasteiger partial charge is 0.271 e. The molecule has 1 atom stereocenters. The fourth-order valence-corrected chi connectivity index (χ4v) is 3.52. The monoisotopic (exact) mass is 267 g/mol. The van der Waals surface area contributed by atoms with Gasteiger partial charge in [0.05, 0.1) is 11.0 Å². The number of rotatable bonds is 5. The molecule has 92 valence electrons. The van der Waals surface area contributed by atoms with Crippen molar-refractivity contribution >= 4 is 22.7 Å². The highest BCUT2D eigenvalue weighted by Crippen LogP contribution is 2.26. The van der Waals surface area contributed by atoms with Crippen LogP contribution in [0.1, 0.15) is 33.4 Å². The van der Waals surface area contributed by atoms with Crippen molar-refractivity contribution in [2.45, 2.75) is 32.7 Å². The van der Waals surface area contributed by atoms with E-state index in [1.165, 1.54) is 9.75 Å². The van der Waals surface area contributed by atoms with E-state index in [0.717, 1.165) is 23.5 Å². The van der Waals surface area contributed by atoms with Crippen molar-refractivity contribution in [3.8, 4) is 0 Å². The SMILES string of the molecule is CCc1ccc(C(Cc2nc(C)cs2)NN)s1. The summed E-state index contributed by atoms with van der Waals surface area (Å²) in [7, 11) is 0. The van der Waals surface area contributed by atoms with Gasteiger partial charge < -0.3 is 0 Å². The molecule has 3 nitrogen and oxygen atoms in total. The Labute approximate surface area is 110 Å². The van der Waals surface area contributed by atoms with E-state index >= 15 is 0 Å². The molecule has 5 heteroatoms. The molecule has 1 unspecified atom stereocenters. The van der Waals surface area contributed by atoms with E-state index < -0.39 is 0 Å². The Kier molecular flexibility index (Phi) is 4.28. The van der Waals surface area contributed by atoms with Crippen molar-refractivity contribution in [1.82, 2.24) is 10.4 Å². The molecule has 0 aliphatic heterocycles. The maximum atomic E-state index is 5.64. The van der Waals surface area contributed by atoms with E-state index in [9.17, 15) is 0 Å². The van der Waals surface area contributed by atoms with Crippen molar-refractivity contribution < 1.29 is 0 Å². The Balaban J connectivity index is 2.10. The molecular formula is C12H17N3S2. The molecule has 2 rings (SSSR count). The van der Waals surface area contributed by atoms with Crippen LogP contribution in [-0.4, -0.2) is 4.98 Å². The summed E-state index contributed by atoms with van der Waals surface area (Å²) in [5.41, 5.74) is 3.98. The summed E-state index contributed by atoms with van der Waals surface area (Å²) in [6.45, 7) is 4.19. The van der Waals surface area contributed by atoms with Gasteiger partial charge >= 0.3 is 0 Å². The number of nitrogens with zero attached hydrogens (tertiary/aromatic N) is 1. The first-order chi connectivity index (χ1) is 8.22. The van der Waals surface area contributed by atoms with Crippen molar-refractivity contribution in [3.63, 3.8) is 0 Å². The van der Waals surface area contributed by atoms with E-state index in [2.05, 4.69) is 34.8 Å². The average molecular weight is 267 g/mol. The van der Waals surface area contributed by atoms with Gasteiger partial charge in [0.1, 0.15) is 0 Å². The zero-order chi connectivity index (χ0) is 12.3. The molecule has 17 heavy (non-hydrogen) atoms. The van der Waals surface area contributed by atoms with Crippen LogP contribution in [-0.2, 0) is 12.8 Å². The van der Waals surface area contributed by atoms with Gasteiger partial charge in [-0.15, -0.1) is 22.7 Å². The highest BCUT2D eigenvalue weighted by molar-refractivity contribution is 7.12. The predicted octanol–water partition coefficient (Wildman–Crippen LogP) is 2.82. The van der Waals surface area contributed by atoms with Crippen LogP contribution < -0.4 is 11.3 Å². The summed E-state index contributed by atoms with van der Waals surface area (Å²) in [6, 6.07) is 4.51. The summed E-state index contributed by atoms with van der Waals surface area (Å²) >= 11 is 3.52. The smallest absolute Gasteiger partial charge is 0.0947 e. The Morgan fingerprint density at radius 3 is 2.82 bits per heavy atom. The van der Waals surface area contributed by atoms with Gasteiger partial charge in [-0.3, -0.25) is 11.3 Å². The summed E-state index contributed by atoms with van der Waals surface area (Å²) in [4.78, 5) is 7.17. The first-order valence-corrected chi connectivity index (χ1v) is 7.38. The molecule has 0 spiro atoms. The van der Waals surface area contributed by atoms with Crippen LogP contribution >= 0.6 is 22.7 Å². The minimum atomic E-state index is 0.172. The van der Waals surface area contributed by atoms with Crippen LogP contribution in [0.3, 0.4) is 0 Å². The highest BCUT2D eigenvalue weighted by Gasteiger charge is 2.14. The highest BCUT2D eigenvalue weighted by atomic mass is 32.1. The lowest BCUT2D eigenvalue weighted by molar-refractivity contribution is 0.559. The van der Waals surface area contributed by atoms with E-state index in [1.54, 1.807) is 11.3 Å². The van der Waals surface area contributed by atoms with E-state index in [4.69, 9.17) is 5.84 Å². The van der Waals surface area contributed by atoms with Gasteiger partial charge in [0.15, 0.2) is 0 Å². The number of aryl methyl sites for hydroxylation is 2. The van der Waals surface area contributed by atoms with Crippen LogP contribution in [0.2, 0.25) is 0 Å². The Morgan fingerprint density at radius 1 is 1.47 bits per heavy atom. The Hall–Kier alpha value is -0.750. The molecule has 2 heterocycles. The maximum Gasteiger partial charge on any atom is 0.0947 e. The summed E-state index contributed by atoms with van der Waals surface area (Å²) in [6.07, 6.45) is 1.94. The zero-order valence-electron chi connectivity index (χ0n) is 10.1. The molecule has 0 bridgehead atoms. The van der Waals surface area contributed by atoms with E-state index in [1.807, 2.05) is 18.3 Å². The molecule has 2 aromatic heterocycles. The van der Waals surface area contributed by atoms with Crippen LogP contribution in [0.4, 0.5) is 0 Å². The number of nitrogens with one attached hydrogen (secondary N) is 1. The number of thiazole rings is 1. The minimum Gasteiger partial charge on any atom is -0.271 e. The predicted molar refractivity (Wildman–Crippen MR) is 74.3 cm³/mol. The third kappa shape index (κ3) is 3.13. The molecule has 0 fully saturated rings. The first-order valence-electron chi connectivity index (χ1n) is 5.68. The van der Waals surface area contributed by atoms with Gasteiger partial charge in [-0.05, 0) is 25.5 Å². The summed E-state index contributed by atoms with van der Waals surface area (Å²) in [5, 5.41) is 3.21. The van der Waals surface area contributed by atoms with Gasteiger partial charge in [0.2, 0.25) is 0 Å². The lowest BCUT2D eigenvalue weighted by Crippen LogP contribution is -2.28. The molecule has 0 aromatic carbocycles. The molecule has 0 amide bonds. The Morgan fingerprint density at radius 2 is 2.29 bits per heavy atom. The number of nitrogens with two attached hydrogens (primary N) is 1. The molecule has 2 aromatic rings. The quantitative estimate of drug-likeness (QED) is 0.647. The third-order valence-corrected chi connectivity index (χ3v) is 4.95. The normalized spacial score (nSPS) is 12.9. The molecule has 0 aliphatic carbocycles. The van der Waals surface area contributed by atoms with Crippen molar-refractivity contribution in [1.29, 1.82) is 0 Å². The van der Waals surface area contributed by atoms with Crippen LogP contribution in [0.25, 0.3) is 0 Å². The van der Waals surface area contributed by atoms with Gasteiger partial charge in [-0.2, -0.15) is 0 Å². The molecular weight excluding hydrogens is 250 g/mol. The van der Waals surface area contributed by atoms with E-state index in [0.29, 0.717) is 0 Å². The molecule has 0 saturated heterocycles. The van der Waals surface area contributed by atoms with Gasteiger partial charge in [-0.25, -0.2) is 4.98 Å². The number of hydrogen-bond donors (Lipinski definition) is 2. The van der Waals surface area contributed by atoms with Crippen LogP contribution in [0.15, 0.2) is 17.5 Å². The number of thiophene rings is 1. The maximum absolute atomic E-state index is 5.64. The lowest BCUT2D eigenvalue weighted by atomic mass is 10.2. The summed E-state index contributed by atoms with van der Waals surface area (Å²) < 4.78 is 0. The summed E-state index contributed by atoms with van der Waals surface area (Å²) in [5.74, 6) is 5.64. The topological polar surface area (TPSA) is 50.9 Å². The number of hydrazine groups is 1. The molecule has 0 radical (unpaired) electrons. The molecule has 0 aliphatic rings. The van der Waals surface area contributed by atoms with Gasteiger partial charge in [-0.1, -0.05) is 6.92 Å². The second-order valence-corrected chi connectivity index (χ2v) is 6.11. The minimum absolute atomic E-state index is 0.172. The van der Waals surface area contributed by atoms with Crippen molar-refractivity contribution in [3.05, 3.63) is 38.0 Å². The van der Waals surface area contributed by atoms with Gasteiger partial charge in [0.25, 0.3) is 0 Å². The second kappa shape index (κ2) is 5.73. The fourth-order valence-electron chi connectivity index (χ4n) is 1.68. The second-order valence-electron chi connectivity index (χ2n) is 3.96. The third-order valence-electron chi connectivity index (χ3n) is 2.62. The molecule has 0 saturated carbocycles. The van der Waals surface area contributed by atoms with Gasteiger partial charge in [0, 0.05) is 27.2 Å². The Bertz CT molecular complexity index is 476. The van der Waals surface area contributed by atoms with Crippen LogP contribution in [0.5, 0.6) is 0 Å². The fraction of sp³-hybridized carbons (Fsp3) is 0.417. The number of hydrogen-bond acceptors (Lipinski definition) is 5. The average Bonchev–Trinajstić information content (AvgIpc) is 2.94. The molecule has 3 N–H and O–H groups in total. The zero-order valence-corrected chi connectivity index (χ0v) is 11.7. The van der Waals surface area contributed by atoms with Crippen molar-refractivity contribution in [2.75, 3.05) is 0 Å².